The van der Waals surface area contributed by atoms with Crippen LogP contribution < -0.4 is 5.19 Å². The van der Waals surface area contributed by atoms with Crippen molar-refractivity contribution in [3.05, 3.63) is 131 Å². The summed E-state index contributed by atoms with van der Waals surface area (Å²) in [5.41, 5.74) is 14.0. The molecule has 7 aromatic rings. The molecule has 6 heteroatoms. The maximum atomic E-state index is 6.47. The number of benzene rings is 3. The predicted molar refractivity (Wildman–Crippen MR) is 234 cm³/mol. The van der Waals surface area contributed by atoms with Gasteiger partial charge in [-0.1, -0.05) is 125 Å². The summed E-state index contributed by atoms with van der Waals surface area (Å²) in [5.74, 6) is 1.46. The predicted octanol–water partition coefficient (Wildman–Crippen LogP) is 12.8. The van der Waals surface area contributed by atoms with E-state index >= 15 is 0 Å². The molecule has 1 saturated carbocycles. The third-order valence-electron chi connectivity index (χ3n) is 11.1. The van der Waals surface area contributed by atoms with Crippen molar-refractivity contribution in [2.75, 3.05) is 0 Å². The molecule has 0 bridgehead atoms. The van der Waals surface area contributed by atoms with E-state index < -0.39 is 8.07 Å². The normalized spacial score (nSPS) is 13.4. The number of hydrogen-bond donors (Lipinski definition) is 0. The first-order valence-electron chi connectivity index (χ1n) is 20.2. The van der Waals surface area contributed by atoms with E-state index in [0.717, 1.165) is 68.9 Å². The van der Waals surface area contributed by atoms with Gasteiger partial charge in [-0.15, -0.1) is 53.6 Å². The molecule has 56 heavy (non-hydrogen) atoms. The number of hydrogen-bond acceptors (Lipinski definition) is 4. The van der Waals surface area contributed by atoms with Crippen LogP contribution in [-0.2, 0) is 32.9 Å². The van der Waals surface area contributed by atoms with Crippen molar-refractivity contribution in [2.45, 2.75) is 99.2 Å². The Labute approximate surface area is 349 Å². The minimum atomic E-state index is -1.34. The van der Waals surface area contributed by atoms with Gasteiger partial charge in [0.25, 0.3) is 0 Å². The summed E-state index contributed by atoms with van der Waals surface area (Å²) in [4.78, 5) is 14.4. The molecule has 4 nitrogen and oxygen atoms in total. The molecule has 0 amide bonds. The molecule has 1 fully saturated rings. The average Bonchev–Trinajstić information content (AvgIpc) is 3.55. The quantitative estimate of drug-likeness (QED) is 0.113. The standard InChI is InChI=1S/C32H31N2O.C18H24NSi.Ir/c1-20-8-7-9-21(2)29(20)27-15-14-26-30-22(3)12-13-25(31(30)35-32(26)34-27)28-19-24(16-17-33-28)18-23-10-5-4-6-11-23;1-14(2)11-16-12-17(15-9-7-6-8-10-15)19-13-18(16)20(3,4)5;/h7-9,12,14-17,19,23H,4-6,10-11,18H2,1-3H3;6-9,12-14H,11H2,1-5H3;/q2*-1;. The zero-order chi connectivity index (χ0) is 38.7. The molecule has 0 spiro atoms. The van der Waals surface area contributed by atoms with Crippen molar-refractivity contribution in [2.24, 2.45) is 11.8 Å². The zero-order valence-electron chi connectivity index (χ0n) is 34.3. The third kappa shape index (κ3) is 9.31. The topological polar surface area (TPSA) is 51.8 Å². The molecule has 1 radical (unpaired) electrons. The van der Waals surface area contributed by atoms with Gasteiger partial charge >= 0.3 is 0 Å². The number of rotatable bonds is 8. The van der Waals surface area contributed by atoms with Crippen LogP contribution in [0.15, 0.2) is 95.7 Å². The smallest absolute Gasteiger partial charge is 0.216 e. The van der Waals surface area contributed by atoms with Gasteiger partial charge in [0.2, 0.25) is 5.71 Å². The fourth-order valence-electron chi connectivity index (χ4n) is 8.36. The van der Waals surface area contributed by atoms with Crippen LogP contribution in [-0.4, -0.2) is 23.0 Å². The number of nitrogens with zero attached hydrogens (tertiary/aromatic N) is 3. The first-order chi connectivity index (χ1) is 26.5. The summed E-state index contributed by atoms with van der Waals surface area (Å²) in [5, 5.41) is 3.64. The summed E-state index contributed by atoms with van der Waals surface area (Å²) < 4.78 is 6.47. The fraction of sp³-hybridized carbons (Fsp3) is 0.340. The first-order valence-corrected chi connectivity index (χ1v) is 23.7. The number of aryl methyl sites for hydroxylation is 3. The van der Waals surface area contributed by atoms with Crippen LogP contribution >= 0.6 is 0 Å². The fourth-order valence-corrected chi connectivity index (χ4v) is 9.95. The first kappa shape index (κ1) is 41.4. The largest absolute Gasteiger partial charge is 0.486 e. The van der Waals surface area contributed by atoms with Gasteiger partial charge in [-0.3, -0.25) is 0 Å². The van der Waals surface area contributed by atoms with E-state index in [-0.39, 0.29) is 20.1 Å². The molecule has 3 aromatic carbocycles. The summed E-state index contributed by atoms with van der Waals surface area (Å²) in [7, 11) is -1.34. The van der Waals surface area contributed by atoms with Gasteiger partial charge < -0.3 is 14.4 Å². The van der Waals surface area contributed by atoms with Crippen molar-refractivity contribution in [1.29, 1.82) is 0 Å². The van der Waals surface area contributed by atoms with Gasteiger partial charge in [0.1, 0.15) is 0 Å². The van der Waals surface area contributed by atoms with E-state index in [1.165, 1.54) is 65.1 Å². The Kier molecular flexibility index (Phi) is 13.3. The Morgan fingerprint density at radius 2 is 1.57 bits per heavy atom. The second kappa shape index (κ2) is 17.9. The summed E-state index contributed by atoms with van der Waals surface area (Å²) in [6.45, 7) is 18.1. The molecule has 0 unspecified atom stereocenters. The van der Waals surface area contributed by atoms with E-state index in [1.54, 1.807) is 0 Å². The van der Waals surface area contributed by atoms with Gasteiger partial charge in [-0.05, 0) is 84.4 Å². The van der Waals surface area contributed by atoms with Crippen LogP contribution in [0, 0.1) is 44.7 Å². The number of aromatic nitrogens is 3. The van der Waals surface area contributed by atoms with Crippen LogP contribution in [0.4, 0.5) is 0 Å². The molecular weight excluding hydrogens is 879 g/mol. The number of furan rings is 1. The van der Waals surface area contributed by atoms with Gasteiger partial charge in [-0.2, -0.15) is 0 Å². The number of fused-ring (bicyclic) bond motifs is 3. The molecule has 291 valence electrons. The Hall–Kier alpha value is -4.22. The maximum absolute atomic E-state index is 6.47. The van der Waals surface area contributed by atoms with Crippen LogP contribution in [0.2, 0.25) is 19.6 Å². The zero-order valence-corrected chi connectivity index (χ0v) is 37.7. The molecule has 8 rings (SSSR count). The monoisotopic (exact) mass is 934 g/mol. The van der Waals surface area contributed by atoms with Crippen molar-refractivity contribution < 1.29 is 24.5 Å². The van der Waals surface area contributed by atoms with Gasteiger partial charge in [0, 0.05) is 43.4 Å². The summed E-state index contributed by atoms with van der Waals surface area (Å²) >= 11 is 0. The molecule has 4 aromatic heterocycles. The summed E-state index contributed by atoms with van der Waals surface area (Å²) in [6, 6.07) is 34.2. The van der Waals surface area contributed by atoms with Crippen molar-refractivity contribution in [1.82, 2.24) is 15.0 Å². The number of pyridine rings is 3. The molecule has 1 aliphatic carbocycles. The van der Waals surface area contributed by atoms with Crippen molar-refractivity contribution in [3.8, 4) is 33.8 Å². The molecule has 4 heterocycles. The van der Waals surface area contributed by atoms with Gasteiger partial charge in [-0.25, -0.2) is 4.98 Å². The molecule has 0 saturated heterocycles. The molecule has 0 N–H and O–H groups in total. The Balaban J connectivity index is 0.000000217. The third-order valence-corrected chi connectivity index (χ3v) is 13.2. The van der Waals surface area contributed by atoms with Crippen LogP contribution in [0.5, 0.6) is 0 Å². The van der Waals surface area contributed by atoms with E-state index in [0.29, 0.717) is 11.6 Å². The van der Waals surface area contributed by atoms with E-state index in [9.17, 15) is 0 Å². The molecule has 1 aliphatic rings. The molecule has 0 aliphatic heterocycles. The SMILES string of the molecule is CC(C)Cc1cc(-c2[c-]cccc2)ncc1[Si](C)(C)C.Cc1cccc(C)c1-c1ccc2c(n1)oc1c(-c3cc(CC4CCCCC4)ccn3)[c-]cc(C)c12.[Ir]. The molecule has 0 atom stereocenters. The van der Waals surface area contributed by atoms with E-state index in [4.69, 9.17) is 14.4 Å². The minimum Gasteiger partial charge on any atom is -0.486 e. The summed E-state index contributed by atoms with van der Waals surface area (Å²) in [6.07, 6.45) is 13.1. The van der Waals surface area contributed by atoms with Crippen LogP contribution in [0.3, 0.4) is 0 Å². The van der Waals surface area contributed by atoms with Crippen molar-refractivity contribution >= 4 is 35.3 Å². The van der Waals surface area contributed by atoms with Gasteiger partial charge in [0.05, 0.1) is 19.4 Å². The Morgan fingerprint density at radius 1 is 0.804 bits per heavy atom. The average molecular weight is 934 g/mol. The van der Waals surface area contributed by atoms with Crippen LogP contribution in [0.25, 0.3) is 55.8 Å². The Morgan fingerprint density at radius 3 is 2.27 bits per heavy atom. The van der Waals surface area contributed by atoms with Gasteiger partial charge in [0.15, 0.2) is 0 Å². The maximum Gasteiger partial charge on any atom is 0.216 e. The second-order valence-corrected chi connectivity index (χ2v) is 22.1. The van der Waals surface area contributed by atoms with E-state index in [1.807, 2.05) is 24.4 Å². The van der Waals surface area contributed by atoms with Crippen LogP contribution in [0.1, 0.15) is 73.8 Å². The van der Waals surface area contributed by atoms with E-state index in [2.05, 4.69) is 138 Å². The second-order valence-electron chi connectivity index (χ2n) is 17.1. The molecular formula is C50H55IrN3OSi-2. The Bertz CT molecular complexity index is 2400. The minimum absolute atomic E-state index is 0. The van der Waals surface area contributed by atoms with Crippen molar-refractivity contribution in [3.63, 3.8) is 0 Å².